The molecule has 0 bridgehead atoms. The first-order valence-corrected chi connectivity index (χ1v) is 11.5. The Bertz CT molecular complexity index is 324. The van der Waals surface area contributed by atoms with Crippen molar-refractivity contribution in [1.82, 2.24) is 5.32 Å². The van der Waals surface area contributed by atoms with Gasteiger partial charge in [0.1, 0.15) is 11.6 Å². The molecule has 22 heavy (non-hydrogen) atoms. The molecule has 0 rings (SSSR count). The predicted octanol–water partition coefficient (Wildman–Crippen LogP) is 4.89. The monoisotopic (exact) mass is 433 g/mol. The van der Waals surface area contributed by atoms with E-state index < -0.39 is 0 Å². The molecule has 0 fully saturated rings. The largest absolute Gasteiger partial charge is 2.00 e. The molecule has 2 nitrogen and oxygen atoms in total. The number of carbonyl (C=O) groups excluding carboxylic acids is 1. The molecule has 0 aliphatic carbocycles. The number of allylic oxidation sites excluding steroid dienone is 1. The van der Waals surface area contributed by atoms with Crippen molar-refractivity contribution < 1.29 is 24.3 Å². The summed E-state index contributed by atoms with van der Waals surface area (Å²) in [5, 5.41) is 3.38. The fourth-order valence-corrected chi connectivity index (χ4v) is 7.78. The summed E-state index contributed by atoms with van der Waals surface area (Å²) in [6, 6.07) is 0. The maximum absolute atomic E-state index is 11.2. The van der Waals surface area contributed by atoms with Gasteiger partial charge < -0.3 is 5.32 Å². The van der Waals surface area contributed by atoms with E-state index in [-0.39, 0.29) is 35.3 Å². The molecule has 0 aromatic heterocycles. The zero-order chi connectivity index (χ0) is 16.6. The Kier molecular flexibility index (Phi) is 14.8. The van der Waals surface area contributed by atoms with Gasteiger partial charge in [-0.25, -0.2) is 4.79 Å². The molecule has 0 atom stereocenters. The Balaban J connectivity index is 0. The van der Waals surface area contributed by atoms with E-state index in [1.807, 2.05) is 0 Å². The maximum atomic E-state index is 11.2. The molecule has 0 amide bonds. The van der Waals surface area contributed by atoms with Gasteiger partial charge in [0.05, 0.1) is 0 Å². The molecule has 1 N–H and O–H groups in total. The van der Waals surface area contributed by atoms with E-state index in [2.05, 4.69) is 66.6 Å². The molecule has 0 saturated heterocycles. The molecule has 0 saturated carbocycles. The normalized spacial score (nSPS) is 11.5. The van der Waals surface area contributed by atoms with Gasteiger partial charge >= 0.3 is 19.5 Å². The summed E-state index contributed by atoms with van der Waals surface area (Å²) in [5.74, 6) is 2.15. The second-order valence-corrected chi connectivity index (χ2v) is 13.7. The summed E-state index contributed by atoms with van der Waals surface area (Å²) in [7, 11) is -0.0973. The summed E-state index contributed by atoms with van der Waals surface area (Å²) in [4.78, 5) is 11.2. The van der Waals surface area contributed by atoms with E-state index in [9.17, 15) is 4.79 Å². The second-order valence-electron chi connectivity index (χ2n) is 6.79. The molecule has 0 spiro atoms. The number of rotatable bonds is 10. The van der Waals surface area contributed by atoms with Gasteiger partial charge in [0.2, 0.25) is 0 Å². The first kappa shape index (κ1) is 25.0. The van der Waals surface area contributed by atoms with Crippen LogP contribution in [0.4, 0.5) is 0 Å². The van der Waals surface area contributed by atoms with Crippen molar-refractivity contribution in [2.75, 3.05) is 18.9 Å². The van der Waals surface area contributed by atoms with Crippen LogP contribution in [-0.2, 0) is 24.3 Å². The van der Waals surface area contributed by atoms with Gasteiger partial charge in [-0.15, -0.1) is 0 Å². The van der Waals surface area contributed by atoms with E-state index in [4.69, 9.17) is 0 Å². The van der Waals surface area contributed by atoms with Crippen molar-refractivity contribution >= 4 is 21.8 Å². The summed E-state index contributed by atoms with van der Waals surface area (Å²) >= 11 is 0. The van der Waals surface area contributed by atoms with Gasteiger partial charge in [-0.1, -0.05) is 71.2 Å². The van der Waals surface area contributed by atoms with E-state index in [0.29, 0.717) is 11.3 Å². The molecule has 0 aliphatic rings. The Hall–Kier alpha value is 0.733. The van der Waals surface area contributed by atoms with Crippen LogP contribution in [0.3, 0.4) is 0 Å². The predicted molar refractivity (Wildman–Crippen MR) is 101 cm³/mol. The van der Waals surface area contributed by atoms with Crippen LogP contribution in [0, 0.1) is 0 Å². The maximum Gasteiger partial charge on any atom is 2.00 e. The van der Waals surface area contributed by atoms with Crippen molar-refractivity contribution in [3.05, 3.63) is 5.70 Å². The van der Waals surface area contributed by atoms with Crippen molar-refractivity contribution in [3.8, 4) is 0 Å². The van der Waals surface area contributed by atoms with E-state index in [1.54, 1.807) is 0 Å². The summed E-state index contributed by atoms with van der Waals surface area (Å²) in [5.41, 5.74) is 3.64. The van der Waals surface area contributed by atoms with Crippen molar-refractivity contribution in [3.63, 3.8) is 0 Å². The van der Waals surface area contributed by atoms with Crippen LogP contribution >= 0.6 is 15.8 Å². The SMILES string of the molecule is CC(C)P(CCNC(=C=O)CP(C(C)C)C(C)C)C(C)C.[Ru+2]. The molecule has 5 heteroatoms. The van der Waals surface area contributed by atoms with Crippen LogP contribution in [0.15, 0.2) is 5.70 Å². The van der Waals surface area contributed by atoms with Crippen molar-refractivity contribution in [1.29, 1.82) is 0 Å². The first-order valence-electron chi connectivity index (χ1n) is 8.20. The zero-order valence-corrected chi connectivity index (χ0v) is 19.1. The van der Waals surface area contributed by atoms with Gasteiger partial charge in [0.15, 0.2) is 0 Å². The van der Waals surface area contributed by atoms with E-state index >= 15 is 0 Å². The average Bonchev–Trinajstić information content (AvgIpc) is 2.35. The quantitative estimate of drug-likeness (QED) is 0.303. The minimum atomic E-state index is -0.137. The Morgan fingerprint density at radius 2 is 1.27 bits per heavy atom. The standard InChI is InChI=1S/C17H35NOP2.Ru/c1-13(2)20(14(3)4)10-9-18-17(11-19)12-21(15(5)6)16(7)8;/h13-16,18H,9-10,12H2,1-8H3;/q;+2. The molecule has 130 valence electrons. The van der Waals surface area contributed by atoms with Crippen LogP contribution in [0.5, 0.6) is 0 Å². The minimum Gasteiger partial charge on any atom is -0.379 e. The van der Waals surface area contributed by atoms with E-state index in [0.717, 1.165) is 29.7 Å². The van der Waals surface area contributed by atoms with Gasteiger partial charge in [-0.3, -0.25) is 0 Å². The summed E-state index contributed by atoms with van der Waals surface area (Å²) < 4.78 is 0. The third kappa shape index (κ3) is 9.78. The molecule has 0 aliphatic heterocycles. The van der Waals surface area contributed by atoms with Gasteiger partial charge in [-0.2, -0.15) is 0 Å². The van der Waals surface area contributed by atoms with E-state index in [1.165, 1.54) is 6.16 Å². The Morgan fingerprint density at radius 1 is 0.864 bits per heavy atom. The number of hydrogen-bond donors (Lipinski definition) is 1. The summed E-state index contributed by atoms with van der Waals surface area (Å²) in [6.45, 7) is 19.3. The fraction of sp³-hybridized carbons (Fsp3) is 0.882. The Labute approximate surface area is 153 Å². The minimum absolute atomic E-state index is 0. The molecule has 0 heterocycles. The second kappa shape index (κ2) is 13.1. The topological polar surface area (TPSA) is 29.1 Å². The first-order chi connectivity index (χ1) is 9.70. The molecule has 0 unspecified atom stereocenters. The smallest absolute Gasteiger partial charge is 0.379 e. The van der Waals surface area contributed by atoms with Gasteiger partial charge in [0.25, 0.3) is 0 Å². The average molecular weight is 432 g/mol. The number of hydrogen-bond acceptors (Lipinski definition) is 2. The molecular formula is C17H35NOP2Ru+2. The molecule has 0 aromatic rings. The summed E-state index contributed by atoms with van der Waals surface area (Å²) in [6.07, 6.45) is 2.09. The molecule has 0 aromatic carbocycles. The molecule has 0 radical (unpaired) electrons. The fourth-order valence-electron chi connectivity index (χ4n) is 2.72. The number of nitrogens with one attached hydrogen (secondary N) is 1. The molecular weight excluding hydrogens is 397 g/mol. The van der Waals surface area contributed by atoms with Crippen molar-refractivity contribution in [2.24, 2.45) is 0 Å². The van der Waals surface area contributed by atoms with Gasteiger partial charge in [-0.05, 0) is 28.8 Å². The van der Waals surface area contributed by atoms with Crippen LogP contribution in [-0.4, -0.2) is 47.4 Å². The zero-order valence-electron chi connectivity index (χ0n) is 15.6. The Morgan fingerprint density at radius 3 is 1.59 bits per heavy atom. The van der Waals surface area contributed by atoms with Crippen LogP contribution in [0.1, 0.15) is 55.4 Å². The van der Waals surface area contributed by atoms with Crippen LogP contribution in [0.25, 0.3) is 0 Å². The van der Waals surface area contributed by atoms with Crippen molar-refractivity contribution in [2.45, 2.75) is 78.0 Å². The van der Waals surface area contributed by atoms with Crippen LogP contribution < -0.4 is 5.32 Å². The van der Waals surface area contributed by atoms with Crippen LogP contribution in [0.2, 0.25) is 0 Å². The third-order valence-electron chi connectivity index (χ3n) is 3.83. The van der Waals surface area contributed by atoms with Gasteiger partial charge in [0, 0.05) is 12.7 Å². The third-order valence-corrected chi connectivity index (χ3v) is 10.6.